The van der Waals surface area contributed by atoms with E-state index >= 15 is 0 Å². The Morgan fingerprint density at radius 3 is 2.84 bits per heavy atom. The molecule has 1 fully saturated rings. The number of halogens is 2. The number of benzene rings is 1. The van der Waals surface area contributed by atoms with Gasteiger partial charge in [-0.25, -0.2) is 0 Å². The number of nitrogens with zero attached hydrogens (tertiary/aromatic N) is 2. The van der Waals surface area contributed by atoms with Crippen molar-refractivity contribution in [2.45, 2.75) is 25.3 Å². The van der Waals surface area contributed by atoms with Gasteiger partial charge in [-0.2, -0.15) is 4.98 Å². The van der Waals surface area contributed by atoms with Crippen molar-refractivity contribution in [2.24, 2.45) is 0 Å². The van der Waals surface area contributed by atoms with Crippen LogP contribution in [0.4, 0.5) is 0 Å². The second-order valence-corrected chi connectivity index (χ2v) is 4.85. The van der Waals surface area contributed by atoms with Crippen LogP contribution in [0.2, 0.25) is 5.02 Å². The molecule has 0 aliphatic carbocycles. The van der Waals surface area contributed by atoms with Gasteiger partial charge in [-0.15, -0.1) is 12.4 Å². The quantitative estimate of drug-likeness (QED) is 0.920. The molecule has 1 atom stereocenters. The minimum absolute atomic E-state index is 0. The van der Waals surface area contributed by atoms with Crippen molar-refractivity contribution < 1.29 is 4.52 Å². The van der Waals surface area contributed by atoms with Gasteiger partial charge in [-0.05, 0) is 31.5 Å². The van der Waals surface area contributed by atoms with E-state index in [2.05, 4.69) is 15.5 Å². The van der Waals surface area contributed by atoms with Gasteiger partial charge in [-0.3, -0.25) is 0 Å². The smallest absolute Gasteiger partial charge is 0.244 e. The zero-order valence-corrected chi connectivity index (χ0v) is 11.9. The van der Waals surface area contributed by atoms with Crippen molar-refractivity contribution in [1.29, 1.82) is 0 Å². The van der Waals surface area contributed by atoms with Gasteiger partial charge in [0.25, 0.3) is 0 Å². The lowest BCUT2D eigenvalue weighted by atomic mass is 10.1. The standard InChI is InChI=1S/C13H14ClN3O.ClH/c14-10-6-2-1-5-9(10)12-16-13(18-17-12)11-7-3-4-8-15-11;/h1-2,5-6,11,15H,3-4,7-8H2;1H. The first-order valence-corrected chi connectivity index (χ1v) is 6.54. The first kappa shape index (κ1) is 14.3. The summed E-state index contributed by atoms with van der Waals surface area (Å²) in [5.74, 6) is 1.22. The SMILES string of the molecule is Cl.Clc1ccccc1-c1noc(C2CCCCN2)n1. The lowest BCUT2D eigenvalue weighted by Crippen LogP contribution is -2.26. The molecular formula is C13H15Cl2N3O. The Labute approximate surface area is 122 Å². The summed E-state index contributed by atoms with van der Waals surface area (Å²) in [4.78, 5) is 4.44. The Bertz CT molecular complexity index is 538. The molecule has 6 heteroatoms. The molecule has 1 aromatic heterocycles. The van der Waals surface area contributed by atoms with Crippen LogP contribution in [0.5, 0.6) is 0 Å². The van der Waals surface area contributed by atoms with Crippen molar-refractivity contribution in [3.63, 3.8) is 0 Å². The summed E-state index contributed by atoms with van der Waals surface area (Å²) in [6.07, 6.45) is 3.45. The maximum atomic E-state index is 6.12. The summed E-state index contributed by atoms with van der Waals surface area (Å²) < 4.78 is 5.33. The lowest BCUT2D eigenvalue weighted by Gasteiger charge is -2.19. The van der Waals surface area contributed by atoms with Crippen LogP contribution in [0.1, 0.15) is 31.2 Å². The molecule has 0 amide bonds. The van der Waals surface area contributed by atoms with Gasteiger partial charge in [0.05, 0.1) is 11.1 Å². The van der Waals surface area contributed by atoms with Crippen molar-refractivity contribution in [1.82, 2.24) is 15.5 Å². The van der Waals surface area contributed by atoms with Gasteiger partial charge in [0.1, 0.15) is 0 Å². The predicted molar refractivity (Wildman–Crippen MR) is 76.6 cm³/mol. The first-order chi connectivity index (χ1) is 8.84. The molecular weight excluding hydrogens is 285 g/mol. The molecule has 1 aliphatic rings. The van der Waals surface area contributed by atoms with Crippen LogP contribution >= 0.6 is 24.0 Å². The fraction of sp³-hybridized carbons (Fsp3) is 0.385. The normalized spacial score (nSPS) is 18.9. The molecule has 0 spiro atoms. The average Bonchev–Trinajstić information content (AvgIpc) is 2.90. The van der Waals surface area contributed by atoms with E-state index < -0.39 is 0 Å². The van der Waals surface area contributed by atoms with Crippen LogP contribution in [-0.2, 0) is 0 Å². The van der Waals surface area contributed by atoms with E-state index in [1.165, 1.54) is 12.8 Å². The van der Waals surface area contributed by atoms with E-state index in [1.807, 2.05) is 24.3 Å². The molecule has 3 rings (SSSR count). The molecule has 2 heterocycles. The van der Waals surface area contributed by atoms with E-state index in [0.29, 0.717) is 16.7 Å². The van der Waals surface area contributed by atoms with E-state index in [0.717, 1.165) is 18.5 Å². The maximum Gasteiger partial charge on any atom is 0.244 e. The summed E-state index contributed by atoms with van der Waals surface area (Å²) in [5, 5.41) is 8.04. The van der Waals surface area contributed by atoms with Crippen LogP contribution in [0.3, 0.4) is 0 Å². The number of hydrogen-bond donors (Lipinski definition) is 1. The second kappa shape index (κ2) is 6.37. The first-order valence-electron chi connectivity index (χ1n) is 6.16. The zero-order valence-electron chi connectivity index (χ0n) is 10.3. The average molecular weight is 300 g/mol. The Morgan fingerprint density at radius 1 is 1.26 bits per heavy atom. The van der Waals surface area contributed by atoms with Crippen LogP contribution in [0.15, 0.2) is 28.8 Å². The summed E-state index contributed by atoms with van der Waals surface area (Å²) in [6, 6.07) is 7.70. The fourth-order valence-corrected chi connectivity index (χ4v) is 2.41. The largest absolute Gasteiger partial charge is 0.337 e. The third kappa shape index (κ3) is 3.08. The van der Waals surface area contributed by atoms with Crippen molar-refractivity contribution in [2.75, 3.05) is 6.54 Å². The Balaban J connectivity index is 0.00000133. The summed E-state index contributed by atoms with van der Waals surface area (Å²) in [6.45, 7) is 1.01. The summed E-state index contributed by atoms with van der Waals surface area (Å²) in [7, 11) is 0. The van der Waals surface area contributed by atoms with Crippen molar-refractivity contribution in [3.05, 3.63) is 35.2 Å². The van der Waals surface area contributed by atoms with Crippen molar-refractivity contribution >= 4 is 24.0 Å². The van der Waals surface area contributed by atoms with Gasteiger partial charge < -0.3 is 9.84 Å². The Kier molecular flexibility index (Phi) is 4.80. The maximum absolute atomic E-state index is 6.12. The fourth-order valence-electron chi connectivity index (χ4n) is 2.19. The zero-order chi connectivity index (χ0) is 12.4. The minimum atomic E-state index is 0. The van der Waals surface area contributed by atoms with Gasteiger partial charge >= 0.3 is 0 Å². The molecule has 102 valence electrons. The molecule has 1 aliphatic heterocycles. The minimum Gasteiger partial charge on any atom is -0.337 e. The monoisotopic (exact) mass is 299 g/mol. The third-order valence-electron chi connectivity index (χ3n) is 3.16. The number of nitrogens with one attached hydrogen (secondary N) is 1. The van der Waals surface area contributed by atoms with E-state index in [9.17, 15) is 0 Å². The van der Waals surface area contributed by atoms with Crippen LogP contribution in [-0.4, -0.2) is 16.7 Å². The summed E-state index contributed by atoms with van der Waals surface area (Å²) >= 11 is 6.12. The van der Waals surface area contributed by atoms with Gasteiger partial charge in [0.15, 0.2) is 0 Å². The topological polar surface area (TPSA) is 51.0 Å². The van der Waals surface area contributed by atoms with E-state index in [-0.39, 0.29) is 18.4 Å². The summed E-state index contributed by atoms with van der Waals surface area (Å²) in [5.41, 5.74) is 0.810. The van der Waals surface area contributed by atoms with Crippen LogP contribution < -0.4 is 5.32 Å². The number of rotatable bonds is 2. The molecule has 0 saturated carbocycles. The Morgan fingerprint density at radius 2 is 2.11 bits per heavy atom. The van der Waals surface area contributed by atoms with E-state index in [4.69, 9.17) is 16.1 Å². The lowest BCUT2D eigenvalue weighted by molar-refractivity contribution is 0.297. The highest BCUT2D eigenvalue weighted by molar-refractivity contribution is 6.33. The number of piperidine rings is 1. The molecule has 1 unspecified atom stereocenters. The highest BCUT2D eigenvalue weighted by Gasteiger charge is 2.21. The Hall–Kier alpha value is -1.10. The molecule has 2 aromatic rings. The highest BCUT2D eigenvalue weighted by atomic mass is 35.5. The molecule has 4 nitrogen and oxygen atoms in total. The van der Waals surface area contributed by atoms with Gasteiger partial charge in [0.2, 0.25) is 11.7 Å². The van der Waals surface area contributed by atoms with Gasteiger partial charge in [0, 0.05) is 5.56 Å². The molecule has 0 bridgehead atoms. The van der Waals surface area contributed by atoms with Crippen LogP contribution in [0.25, 0.3) is 11.4 Å². The van der Waals surface area contributed by atoms with Crippen LogP contribution in [0, 0.1) is 0 Å². The molecule has 1 aromatic carbocycles. The number of aromatic nitrogens is 2. The number of hydrogen-bond acceptors (Lipinski definition) is 4. The molecule has 0 radical (unpaired) electrons. The van der Waals surface area contributed by atoms with Crippen molar-refractivity contribution in [3.8, 4) is 11.4 Å². The molecule has 19 heavy (non-hydrogen) atoms. The predicted octanol–water partition coefficient (Wildman–Crippen LogP) is 3.63. The van der Waals surface area contributed by atoms with Gasteiger partial charge in [-0.1, -0.05) is 35.3 Å². The highest BCUT2D eigenvalue weighted by Crippen LogP contribution is 2.27. The third-order valence-corrected chi connectivity index (χ3v) is 3.49. The van der Waals surface area contributed by atoms with E-state index in [1.54, 1.807) is 0 Å². The molecule has 1 N–H and O–H groups in total. The second-order valence-electron chi connectivity index (χ2n) is 4.44. The molecule has 1 saturated heterocycles.